The fourth-order valence-corrected chi connectivity index (χ4v) is 10.5. The Morgan fingerprint density at radius 2 is 1.73 bits per heavy atom. The Morgan fingerprint density at radius 1 is 1.00 bits per heavy atom. The summed E-state index contributed by atoms with van der Waals surface area (Å²) in [7, 11) is 0. The molecule has 5 aliphatic rings. The molecule has 208 valence electrons. The number of carboxylic acid groups (broad SMARTS) is 1. The van der Waals surface area contributed by atoms with E-state index in [0.717, 1.165) is 57.8 Å². The van der Waals surface area contributed by atoms with Gasteiger partial charge in [0.05, 0.1) is 6.61 Å². The van der Waals surface area contributed by atoms with Gasteiger partial charge in [0, 0.05) is 36.3 Å². The molecule has 0 spiro atoms. The molecule has 1 amide bonds. The van der Waals surface area contributed by atoms with E-state index in [9.17, 15) is 24.6 Å². The number of rotatable bonds is 4. The Kier molecular flexibility index (Phi) is 6.86. The average molecular weight is 516 g/mol. The fraction of sp³-hybridized carbons (Fsp3) is 0.903. The van der Waals surface area contributed by atoms with Gasteiger partial charge in [-0.3, -0.25) is 9.59 Å². The molecule has 5 fully saturated rings. The highest BCUT2D eigenvalue weighted by atomic mass is 16.4. The minimum absolute atomic E-state index is 0.0479. The second-order valence-corrected chi connectivity index (χ2v) is 15.0. The number of fused-ring (bicyclic) bond motifs is 5. The van der Waals surface area contributed by atoms with Crippen molar-refractivity contribution < 1.29 is 24.6 Å². The Morgan fingerprint density at radius 3 is 2.38 bits per heavy atom. The standard InChI is InChI=1S/C31H49NO5/c1-29(2,3)27-19(12-15-32(27)28(36)37)7-6-18-10-13-30(4)22-11-14-31(5)21(8-9-24(31)34)25(22)26(35)20(17-33)23(30)16-18/h18-23,25,27,33H,6-17H2,1-5H3,(H,36,37)/t18-,19?,20+,21?,22?,23?,25?,27?,30+,31-/m0/s1. The van der Waals surface area contributed by atoms with Crippen LogP contribution in [0.4, 0.5) is 4.79 Å². The van der Waals surface area contributed by atoms with Crippen LogP contribution in [-0.2, 0) is 9.59 Å². The molecule has 0 radical (unpaired) electrons. The van der Waals surface area contributed by atoms with Crippen LogP contribution < -0.4 is 0 Å². The number of aliphatic hydroxyl groups excluding tert-OH is 1. The van der Waals surface area contributed by atoms with Crippen LogP contribution in [0.2, 0.25) is 0 Å². The Labute approximate surface area is 222 Å². The van der Waals surface area contributed by atoms with Gasteiger partial charge in [0.2, 0.25) is 0 Å². The summed E-state index contributed by atoms with van der Waals surface area (Å²) in [5.74, 6) is 1.85. The van der Waals surface area contributed by atoms with Crippen LogP contribution in [0.15, 0.2) is 0 Å². The van der Waals surface area contributed by atoms with Crippen molar-refractivity contribution in [3.8, 4) is 0 Å². The molecule has 0 aromatic carbocycles. The summed E-state index contributed by atoms with van der Waals surface area (Å²) in [4.78, 5) is 40.3. The van der Waals surface area contributed by atoms with Crippen molar-refractivity contribution in [3.05, 3.63) is 0 Å². The first-order valence-corrected chi connectivity index (χ1v) is 15.0. The monoisotopic (exact) mass is 515 g/mol. The predicted molar refractivity (Wildman–Crippen MR) is 142 cm³/mol. The van der Waals surface area contributed by atoms with Crippen molar-refractivity contribution in [3.63, 3.8) is 0 Å². The minimum atomic E-state index is -0.801. The first-order chi connectivity index (χ1) is 17.3. The van der Waals surface area contributed by atoms with E-state index in [4.69, 9.17) is 0 Å². The van der Waals surface area contributed by atoms with Crippen LogP contribution >= 0.6 is 0 Å². The number of hydrogen-bond donors (Lipinski definition) is 2. The molecule has 4 saturated carbocycles. The zero-order chi connectivity index (χ0) is 26.9. The van der Waals surface area contributed by atoms with Crippen molar-refractivity contribution >= 4 is 17.7 Å². The largest absolute Gasteiger partial charge is 0.465 e. The second-order valence-electron chi connectivity index (χ2n) is 15.0. The Hall–Kier alpha value is -1.43. The lowest BCUT2D eigenvalue weighted by Crippen LogP contribution is -2.61. The van der Waals surface area contributed by atoms with Crippen LogP contribution in [0, 0.1) is 57.7 Å². The van der Waals surface area contributed by atoms with Crippen molar-refractivity contribution in [2.45, 2.75) is 105 Å². The van der Waals surface area contributed by atoms with Gasteiger partial charge in [0.25, 0.3) is 0 Å². The number of carbonyl (C=O) groups excluding carboxylic acids is 2. The fourth-order valence-electron chi connectivity index (χ4n) is 10.5. The van der Waals surface area contributed by atoms with Gasteiger partial charge in [-0.2, -0.15) is 0 Å². The van der Waals surface area contributed by atoms with Gasteiger partial charge < -0.3 is 15.1 Å². The topological polar surface area (TPSA) is 94.9 Å². The van der Waals surface area contributed by atoms with Gasteiger partial charge in [-0.05, 0) is 91.8 Å². The maximum Gasteiger partial charge on any atom is 0.407 e. The van der Waals surface area contributed by atoms with Crippen LogP contribution in [-0.4, -0.2) is 52.0 Å². The number of likely N-dealkylation sites (tertiary alicyclic amines) is 1. The summed E-state index contributed by atoms with van der Waals surface area (Å²) in [5, 5.41) is 20.3. The van der Waals surface area contributed by atoms with E-state index in [1.54, 1.807) is 4.90 Å². The average Bonchev–Trinajstić information content (AvgIpc) is 3.40. The van der Waals surface area contributed by atoms with E-state index in [1.165, 1.54) is 0 Å². The lowest BCUT2D eigenvalue weighted by molar-refractivity contribution is -0.172. The number of aliphatic hydroxyl groups is 1. The van der Waals surface area contributed by atoms with Crippen molar-refractivity contribution in [2.24, 2.45) is 57.7 Å². The molecule has 4 aliphatic carbocycles. The van der Waals surface area contributed by atoms with E-state index < -0.39 is 6.09 Å². The first kappa shape index (κ1) is 27.1. The maximum atomic E-state index is 14.0. The number of ketones is 2. The highest BCUT2D eigenvalue weighted by Crippen LogP contribution is 2.66. The molecule has 37 heavy (non-hydrogen) atoms. The predicted octanol–water partition coefficient (Wildman–Crippen LogP) is 5.81. The van der Waals surface area contributed by atoms with Gasteiger partial charge in [0.15, 0.2) is 0 Å². The minimum Gasteiger partial charge on any atom is -0.465 e. The lowest BCUT2D eigenvalue weighted by Gasteiger charge is -2.61. The van der Waals surface area contributed by atoms with Gasteiger partial charge in [-0.25, -0.2) is 4.79 Å². The molecule has 1 saturated heterocycles. The molecule has 10 atom stereocenters. The molecule has 2 N–H and O–H groups in total. The smallest absolute Gasteiger partial charge is 0.407 e. The van der Waals surface area contributed by atoms with Crippen LogP contribution in [0.1, 0.15) is 98.8 Å². The van der Waals surface area contributed by atoms with Crippen LogP contribution in [0.25, 0.3) is 0 Å². The highest BCUT2D eigenvalue weighted by Gasteiger charge is 2.65. The van der Waals surface area contributed by atoms with Crippen LogP contribution in [0.3, 0.4) is 0 Å². The molecular formula is C31H49NO5. The summed E-state index contributed by atoms with van der Waals surface area (Å²) in [6, 6.07) is 0.0479. The van der Waals surface area contributed by atoms with Crippen LogP contribution in [0.5, 0.6) is 0 Å². The molecule has 6 heteroatoms. The SMILES string of the molecule is CC(C)(C)C1C(CC[C@H]2CC[C@]3(C)C4CC[C@]5(C)C(=O)CCC5C4C(=O)[C@H](CO)C3C2)CCN1C(=O)O. The number of carbonyl (C=O) groups is 3. The molecule has 0 aromatic rings. The molecule has 0 bridgehead atoms. The Balaban J connectivity index is 1.31. The normalized spacial score (nSPS) is 45.9. The molecule has 1 aliphatic heterocycles. The third-order valence-electron chi connectivity index (χ3n) is 12.3. The molecule has 0 aromatic heterocycles. The zero-order valence-electron chi connectivity index (χ0n) is 23.7. The quantitative estimate of drug-likeness (QED) is 0.493. The summed E-state index contributed by atoms with van der Waals surface area (Å²) < 4.78 is 0. The third-order valence-corrected chi connectivity index (χ3v) is 12.3. The number of Topliss-reactive ketones (excluding diaryl/α,β-unsaturated/α-hetero) is 2. The summed E-state index contributed by atoms with van der Waals surface area (Å²) in [6.45, 7) is 11.5. The second kappa shape index (κ2) is 9.34. The van der Waals surface area contributed by atoms with E-state index in [0.29, 0.717) is 36.5 Å². The van der Waals surface area contributed by atoms with E-state index >= 15 is 0 Å². The summed E-state index contributed by atoms with van der Waals surface area (Å²) in [5.41, 5.74) is -0.378. The third kappa shape index (κ3) is 4.19. The van der Waals surface area contributed by atoms with E-state index in [1.807, 2.05) is 0 Å². The lowest BCUT2D eigenvalue weighted by atomic mass is 9.42. The number of hydrogen-bond acceptors (Lipinski definition) is 4. The van der Waals surface area contributed by atoms with Gasteiger partial charge in [-0.1, -0.05) is 41.0 Å². The molecule has 5 rings (SSSR count). The van der Waals surface area contributed by atoms with Crippen molar-refractivity contribution in [1.29, 1.82) is 0 Å². The Bertz CT molecular complexity index is 940. The van der Waals surface area contributed by atoms with E-state index in [-0.39, 0.29) is 58.3 Å². The van der Waals surface area contributed by atoms with Gasteiger partial charge in [0.1, 0.15) is 11.6 Å². The molecular weight excluding hydrogens is 466 g/mol. The highest BCUT2D eigenvalue weighted by molar-refractivity contribution is 5.91. The summed E-state index contributed by atoms with van der Waals surface area (Å²) >= 11 is 0. The van der Waals surface area contributed by atoms with Crippen molar-refractivity contribution in [2.75, 3.05) is 13.2 Å². The van der Waals surface area contributed by atoms with Gasteiger partial charge in [-0.15, -0.1) is 0 Å². The number of nitrogens with zero attached hydrogens (tertiary/aromatic N) is 1. The maximum absolute atomic E-state index is 14.0. The van der Waals surface area contributed by atoms with Gasteiger partial charge >= 0.3 is 6.09 Å². The van der Waals surface area contributed by atoms with E-state index in [2.05, 4.69) is 34.6 Å². The first-order valence-electron chi connectivity index (χ1n) is 15.0. The zero-order valence-corrected chi connectivity index (χ0v) is 23.7. The number of amides is 1. The molecule has 6 unspecified atom stereocenters. The molecule has 6 nitrogen and oxygen atoms in total. The van der Waals surface area contributed by atoms with Crippen molar-refractivity contribution in [1.82, 2.24) is 4.90 Å². The molecule has 1 heterocycles. The summed E-state index contributed by atoms with van der Waals surface area (Å²) in [6.07, 6.45) is 8.81.